The van der Waals surface area contributed by atoms with E-state index in [9.17, 15) is 20.1 Å². The van der Waals surface area contributed by atoms with Gasteiger partial charge in [0.1, 0.15) is 0 Å². The predicted molar refractivity (Wildman–Crippen MR) is 159 cm³/mol. The zero-order valence-corrected chi connectivity index (χ0v) is 24.3. The van der Waals surface area contributed by atoms with E-state index in [4.69, 9.17) is 15.2 Å². The quantitative estimate of drug-likeness (QED) is 0.0627. The number of aliphatic hydroxyl groups is 1. The maximum atomic E-state index is 12.8. The average Bonchev–Trinajstić information content (AvgIpc) is 2.92. The van der Waals surface area contributed by atoms with Crippen LogP contribution in [0.1, 0.15) is 57.6 Å². The molecule has 0 aliphatic carbocycles. The molecule has 9 heteroatoms. The molecule has 0 heterocycles. The van der Waals surface area contributed by atoms with Gasteiger partial charge in [-0.05, 0) is 72.1 Å². The average molecular weight is 556 g/mol. The molecule has 0 amide bonds. The van der Waals surface area contributed by atoms with E-state index in [1.165, 1.54) is 14.2 Å². The number of nitrogens with zero attached hydrogens (tertiary/aromatic N) is 1. The summed E-state index contributed by atoms with van der Waals surface area (Å²) in [6.07, 6.45) is 8.31. The van der Waals surface area contributed by atoms with Gasteiger partial charge in [0.15, 0.2) is 41.5 Å². The summed E-state index contributed by atoms with van der Waals surface area (Å²) >= 11 is 0. The fraction of sp³-hybridized carbons (Fsp3) is 0.484. The molecule has 0 unspecified atom stereocenters. The molecule has 0 aromatic heterocycles. The summed E-state index contributed by atoms with van der Waals surface area (Å²) in [6.45, 7) is 6.02. The van der Waals surface area contributed by atoms with Gasteiger partial charge in [0.2, 0.25) is 0 Å². The Kier molecular flexibility index (Phi) is 13.3. The number of phenols is 2. The van der Waals surface area contributed by atoms with Crippen LogP contribution in [0.3, 0.4) is 0 Å². The van der Waals surface area contributed by atoms with Crippen LogP contribution in [-0.2, 0) is 17.6 Å². The van der Waals surface area contributed by atoms with Crippen molar-refractivity contribution >= 4 is 17.4 Å². The zero-order valence-electron chi connectivity index (χ0n) is 24.3. The lowest BCUT2D eigenvalue weighted by Gasteiger charge is -2.23. The molecule has 220 valence electrons. The highest BCUT2D eigenvalue weighted by Crippen LogP contribution is 2.37. The molecule has 0 radical (unpaired) electrons. The van der Waals surface area contributed by atoms with Gasteiger partial charge in [0, 0.05) is 13.5 Å². The molecule has 0 bridgehead atoms. The smallest absolute Gasteiger partial charge is 0.192 e. The molecule has 0 fully saturated rings. The van der Waals surface area contributed by atoms with Gasteiger partial charge in [-0.2, -0.15) is 0 Å². The number of ether oxygens (including phenoxy) is 2. The van der Waals surface area contributed by atoms with Crippen LogP contribution in [0.15, 0.2) is 47.5 Å². The maximum Gasteiger partial charge on any atom is 0.192 e. The molecule has 0 saturated carbocycles. The highest BCUT2D eigenvalue weighted by Gasteiger charge is 2.19. The monoisotopic (exact) mass is 555 g/mol. The number of phenolic OH excluding ortho intramolecular Hbond substituents is 2. The fourth-order valence-electron chi connectivity index (χ4n) is 4.50. The Morgan fingerprint density at radius 2 is 1.82 bits per heavy atom. The molecule has 2 rings (SSSR count). The number of allylic oxidation sites excluding steroid dienone is 2. The minimum atomic E-state index is -0.593. The molecule has 2 atom stereocenters. The van der Waals surface area contributed by atoms with Crippen LogP contribution in [0, 0.1) is 17.8 Å². The SMILES string of the molecule is CN=C(N)Nc1cc(C[C@H](/C=C/C(=O)CCc2ccc(O)c(OC)c2)[C@H](C)CCCC(C)C)cc(OCO)c1O. The molecule has 2 aromatic rings. The number of rotatable bonds is 16. The standard InChI is InChI=1S/C31H45N3O6/c1-20(2)7-6-8-21(3)24(11-13-25(36)12-9-22-10-14-27(37)28(17-22)39-5)15-23-16-26(34-31(32)33-4)30(38)29(18-23)40-19-35/h10-11,13-14,16-18,20-21,24,35,37-38H,6-9,12,15,19H2,1-5H3,(H3,32,33,34)/b13-11+/t21-,24+/m1/s1. The maximum absolute atomic E-state index is 12.8. The van der Waals surface area contributed by atoms with Crippen molar-refractivity contribution in [1.29, 1.82) is 0 Å². The largest absolute Gasteiger partial charge is 0.504 e. The lowest BCUT2D eigenvalue weighted by atomic mass is 9.83. The molecule has 0 aliphatic rings. The summed E-state index contributed by atoms with van der Waals surface area (Å²) in [6, 6.07) is 8.56. The Hall–Kier alpha value is -3.72. The van der Waals surface area contributed by atoms with E-state index >= 15 is 0 Å². The first-order valence-electron chi connectivity index (χ1n) is 13.7. The molecule has 6 N–H and O–H groups in total. The number of guanidine groups is 1. The lowest BCUT2D eigenvalue weighted by molar-refractivity contribution is -0.114. The summed E-state index contributed by atoms with van der Waals surface area (Å²) in [5.74, 6) is 1.49. The number of hydrogen-bond donors (Lipinski definition) is 5. The third kappa shape index (κ3) is 10.4. The van der Waals surface area contributed by atoms with Crippen molar-refractivity contribution in [1.82, 2.24) is 0 Å². The molecule has 0 saturated heterocycles. The number of hydrogen-bond acceptors (Lipinski definition) is 7. The van der Waals surface area contributed by atoms with Gasteiger partial charge in [-0.25, -0.2) is 0 Å². The fourth-order valence-corrected chi connectivity index (χ4v) is 4.50. The van der Waals surface area contributed by atoms with Crippen molar-refractivity contribution < 1.29 is 29.6 Å². The summed E-state index contributed by atoms with van der Waals surface area (Å²) < 4.78 is 10.4. The number of carbonyl (C=O) groups excluding carboxylic acids is 1. The van der Waals surface area contributed by atoms with Crippen LogP contribution < -0.4 is 20.5 Å². The van der Waals surface area contributed by atoms with Crippen LogP contribution in [0.25, 0.3) is 0 Å². The number of aliphatic hydroxyl groups excluding tert-OH is 1. The molecule has 9 nitrogen and oxygen atoms in total. The van der Waals surface area contributed by atoms with E-state index in [0.29, 0.717) is 42.5 Å². The number of aromatic hydroxyl groups is 2. The van der Waals surface area contributed by atoms with E-state index in [2.05, 4.69) is 31.1 Å². The summed E-state index contributed by atoms with van der Waals surface area (Å²) in [5, 5.41) is 32.6. The first-order valence-corrected chi connectivity index (χ1v) is 13.7. The van der Waals surface area contributed by atoms with Gasteiger partial charge in [0.25, 0.3) is 0 Å². The Bertz CT molecular complexity index is 1160. The second kappa shape index (κ2) is 16.4. The van der Waals surface area contributed by atoms with Crippen LogP contribution in [0.4, 0.5) is 5.69 Å². The van der Waals surface area contributed by atoms with Gasteiger partial charge < -0.3 is 35.8 Å². The van der Waals surface area contributed by atoms with Crippen molar-refractivity contribution in [2.24, 2.45) is 28.5 Å². The second-order valence-corrected chi connectivity index (χ2v) is 10.5. The number of aryl methyl sites for hydroxylation is 1. The molecular formula is C31H45N3O6. The zero-order chi connectivity index (χ0) is 29.7. The minimum Gasteiger partial charge on any atom is -0.504 e. The molecule has 0 spiro atoms. The summed E-state index contributed by atoms with van der Waals surface area (Å²) in [4.78, 5) is 16.7. The Morgan fingerprint density at radius 3 is 2.48 bits per heavy atom. The highest BCUT2D eigenvalue weighted by atomic mass is 16.6. The highest BCUT2D eigenvalue weighted by molar-refractivity contribution is 5.94. The molecule has 0 aliphatic heterocycles. The van der Waals surface area contributed by atoms with E-state index in [1.807, 2.05) is 6.08 Å². The predicted octanol–water partition coefficient (Wildman–Crippen LogP) is 5.17. The number of ketones is 1. The van der Waals surface area contributed by atoms with E-state index < -0.39 is 6.79 Å². The van der Waals surface area contributed by atoms with Gasteiger partial charge >= 0.3 is 0 Å². The van der Waals surface area contributed by atoms with Gasteiger partial charge in [-0.15, -0.1) is 0 Å². The van der Waals surface area contributed by atoms with E-state index in [1.54, 1.807) is 36.4 Å². The van der Waals surface area contributed by atoms with Gasteiger partial charge in [0.05, 0.1) is 12.8 Å². The van der Waals surface area contributed by atoms with Gasteiger partial charge in [-0.3, -0.25) is 9.79 Å². The van der Waals surface area contributed by atoms with Crippen molar-refractivity contribution in [3.8, 4) is 23.0 Å². The van der Waals surface area contributed by atoms with Crippen LogP contribution in [0.5, 0.6) is 23.0 Å². The topological polar surface area (TPSA) is 147 Å². The first-order chi connectivity index (χ1) is 19.1. The van der Waals surface area contributed by atoms with Crippen LogP contribution in [0.2, 0.25) is 0 Å². The molecular weight excluding hydrogens is 510 g/mol. The normalized spacial score (nSPS) is 13.4. The van der Waals surface area contributed by atoms with Crippen LogP contribution in [-0.4, -0.2) is 48.0 Å². The van der Waals surface area contributed by atoms with E-state index in [0.717, 1.165) is 30.4 Å². The molecule has 40 heavy (non-hydrogen) atoms. The number of aliphatic imine (C=N–C) groups is 1. The summed E-state index contributed by atoms with van der Waals surface area (Å²) in [5.41, 5.74) is 7.90. The van der Waals surface area contributed by atoms with Crippen molar-refractivity contribution in [3.63, 3.8) is 0 Å². The Labute approximate surface area is 237 Å². The van der Waals surface area contributed by atoms with Crippen LogP contribution >= 0.6 is 0 Å². The lowest BCUT2D eigenvalue weighted by Crippen LogP contribution is -2.22. The van der Waals surface area contributed by atoms with Crippen molar-refractivity contribution in [2.75, 3.05) is 26.3 Å². The van der Waals surface area contributed by atoms with E-state index in [-0.39, 0.29) is 34.9 Å². The van der Waals surface area contributed by atoms with Crippen molar-refractivity contribution in [2.45, 2.75) is 59.3 Å². The third-order valence-electron chi connectivity index (χ3n) is 6.94. The first kappa shape index (κ1) is 32.5. The second-order valence-electron chi connectivity index (χ2n) is 10.5. The Balaban J connectivity index is 2.25. The number of anilines is 1. The Morgan fingerprint density at radius 1 is 1.10 bits per heavy atom. The number of nitrogens with one attached hydrogen (secondary N) is 1. The van der Waals surface area contributed by atoms with Crippen molar-refractivity contribution in [3.05, 3.63) is 53.6 Å². The summed E-state index contributed by atoms with van der Waals surface area (Å²) in [7, 11) is 3.02. The number of methoxy groups -OCH3 is 1. The third-order valence-corrected chi connectivity index (χ3v) is 6.94. The number of carbonyl (C=O) groups is 1. The number of nitrogens with two attached hydrogens (primary N) is 1. The molecule has 2 aromatic carbocycles. The van der Waals surface area contributed by atoms with Gasteiger partial charge in [-0.1, -0.05) is 52.2 Å². The number of benzene rings is 2. The minimum absolute atomic E-state index is 0.00992.